The molecule has 1 aromatic rings. The maximum absolute atomic E-state index is 11.3. The van der Waals surface area contributed by atoms with E-state index in [4.69, 9.17) is 10.4 Å². The van der Waals surface area contributed by atoms with Crippen molar-refractivity contribution < 1.29 is 9.32 Å². The first-order chi connectivity index (χ1) is 8.60. The van der Waals surface area contributed by atoms with Crippen molar-refractivity contribution in [2.75, 3.05) is 6.54 Å². The predicted molar refractivity (Wildman–Crippen MR) is 66.4 cm³/mol. The molecule has 100 valence electrons. The summed E-state index contributed by atoms with van der Waals surface area (Å²) < 4.78 is 5.17. The molecule has 0 bridgehead atoms. The Balaban J connectivity index is 2.00. The Morgan fingerprint density at radius 3 is 3.11 bits per heavy atom. The van der Waals surface area contributed by atoms with Gasteiger partial charge >= 0.3 is 0 Å². The number of nitrogens with zero attached hydrogens (tertiary/aromatic N) is 2. The molecule has 1 aromatic heterocycles. The third-order valence-electron chi connectivity index (χ3n) is 3.53. The second-order valence-electron chi connectivity index (χ2n) is 5.11. The van der Waals surface area contributed by atoms with E-state index in [1.54, 1.807) is 6.07 Å². The van der Waals surface area contributed by atoms with Crippen molar-refractivity contribution in [3.05, 3.63) is 17.5 Å². The predicted octanol–water partition coefficient (Wildman–Crippen LogP) is 0.899. The van der Waals surface area contributed by atoms with Crippen molar-refractivity contribution in [1.82, 2.24) is 15.5 Å². The zero-order valence-electron chi connectivity index (χ0n) is 10.8. The number of nitrogen functional groups attached to an aromatic ring is 1. The Morgan fingerprint density at radius 2 is 2.39 bits per heavy atom. The van der Waals surface area contributed by atoms with Gasteiger partial charge in [-0.25, -0.2) is 5.84 Å². The Bertz CT molecular complexity index is 418. The second kappa shape index (κ2) is 5.49. The van der Waals surface area contributed by atoms with Crippen LogP contribution in [0.4, 0.5) is 0 Å². The molecule has 0 radical (unpaired) electrons. The van der Waals surface area contributed by atoms with E-state index < -0.39 is 5.91 Å². The van der Waals surface area contributed by atoms with Crippen LogP contribution in [0.1, 0.15) is 42.9 Å². The van der Waals surface area contributed by atoms with Crippen LogP contribution < -0.4 is 11.3 Å². The maximum Gasteiger partial charge on any atom is 0.287 e. The van der Waals surface area contributed by atoms with Crippen molar-refractivity contribution in [2.45, 2.75) is 39.3 Å². The molecule has 0 spiro atoms. The number of hydrogen-bond donors (Lipinski definition) is 2. The lowest BCUT2D eigenvalue weighted by atomic mass is 9.95. The molecule has 3 N–H and O–H groups in total. The number of likely N-dealkylation sites (tertiary alicyclic amines) is 1. The van der Waals surface area contributed by atoms with Crippen LogP contribution in [0, 0.1) is 5.92 Å². The summed E-state index contributed by atoms with van der Waals surface area (Å²) in [6.45, 7) is 6.22. The lowest BCUT2D eigenvalue weighted by Crippen LogP contribution is -2.40. The van der Waals surface area contributed by atoms with Crippen molar-refractivity contribution in [3.63, 3.8) is 0 Å². The number of carbonyl (C=O) groups excluding carboxylic acids is 1. The molecule has 1 aliphatic rings. The van der Waals surface area contributed by atoms with Gasteiger partial charge in [0.05, 0.1) is 6.54 Å². The molecule has 0 saturated carbocycles. The normalized spacial score (nSPS) is 25.1. The van der Waals surface area contributed by atoms with Gasteiger partial charge in [-0.2, -0.15) is 0 Å². The average molecular weight is 252 g/mol. The van der Waals surface area contributed by atoms with Gasteiger partial charge in [-0.05, 0) is 25.7 Å². The van der Waals surface area contributed by atoms with Crippen LogP contribution in [0.2, 0.25) is 0 Å². The number of hydrogen-bond acceptors (Lipinski definition) is 5. The Hall–Kier alpha value is -1.40. The van der Waals surface area contributed by atoms with E-state index in [-0.39, 0.29) is 5.69 Å². The Labute approximate surface area is 106 Å². The largest absolute Gasteiger partial charge is 0.359 e. The van der Waals surface area contributed by atoms with Crippen molar-refractivity contribution in [3.8, 4) is 0 Å². The highest BCUT2D eigenvalue weighted by atomic mass is 16.5. The van der Waals surface area contributed by atoms with Gasteiger partial charge in [0.15, 0.2) is 11.5 Å². The molecule has 0 aromatic carbocycles. The molecule has 2 rings (SSSR count). The third kappa shape index (κ3) is 2.88. The van der Waals surface area contributed by atoms with Crippen LogP contribution in [0.5, 0.6) is 0 Å². The molecule has 2 heterocycles. The highest BCUT2D eigenvalue weighted by molar-refractivity contribution is 5.91. The first kappa shape index (κ1) is 13.0. The van der Waals surface area contributed by atoms with Gasteiger partial charge in [0.1, 0.15) is 0 Å². The summed E-state index contributed by atoms with van der Waals surface area (Å²) in [7, 11) is 0. The number of piperidine rings is 1. The summed E-state index contributed by atoms with van der Waals surface area (Å²) in [6.07, 6.45) is 2.47. The molecule has 6 heteroatoms. The quantitative estimate of drug-likeness (QED) is 0.474. The average Bonchev–Trinajstić information content (AvgIpc) is 2.81. The van der Waals surface area contributed by atoms with Crippen LogP contribution in [-0.2, 0) is 6.54 Å². The van der Waals surface area contributed by atoms with E-state index in [1.807, 2.05) is 5.43 Å². The highest BCUT2D eigenvalue weighted by Gasteiger charge is 2.24. The zero-order valence-corrected chi connectivity index (χ0v) is 10.8. The summed E-state index contributed by atoms with van der Waals surface area (Å²) in [5, 5.41) is 3.70. The first-order valence-corrected chi connectivity index (χ1v) is 6.30. The van der Waals surface area contributed by atoms with E-state index in [1.165, 1.54) is 12.8 Å². The summed E-state index contributed by atoms with van der Waals surface area (Å²) in [5.74, 6) is 6.03. The molecule has 2 unspecified atom stereocenters. The minimum atomic E-state index is -0.426. The molecule has 6 nitrogen and oxygen atoms in total. The number of carbonyl (C=O) groups is 1. The molecule has 1 amide bonds. The van der Waals surface area contributed by atoms with Crippen molar-refractivity contribution >= 4 is 5.91 Å². The fraction of sp³-hybridized carbons (Fsp3) is 0.667. The van der Waals surface area contributed by atoms with Crippen LogP contribution in [0.15, 0.2) is 10.6 Å². The van der Waals surface area contributed by atoms with Gasteiger partial charge in [-0.3, -0.25) is 15.1 Å². The second-order valence-corrected chi connectivity index (χ2v) is 5.11. The molecular weight excluding hydrogens is 232 g/mol. The molecule has 18 heavy (non-hydrogen) atoms. The number of aromatic nitrogens is 1. The molecule has 1 aliphatic heterocycles. The van der Waals surface area contributed by atoms with E-state index in [2.05, 4.69) is 23.9 Å². The van der Waals surface area contributed by atoms with Gasteiger partial charge in [0.25, 0.3) is 5.91 Å². The lowest BCUT2D eigenvalue weighted by Gasteiger charge is -2.35. The van der Waals surface area contributed by atoms with Crippen LogP contribution >= 0.6 is 0 Å². The summed E-state index contributed by atoms with van der Waals surface area (Å²) in [4.78, 5) is 13.6. The maximum atomic E-state index is 11.3. The fourth-order valence-corrected chi connectivity index (χ4v) is 2.37. The zero-order chi connectivity index (χ0) is 13.1. The molecule has 2 atom stereocenters. The molecule has 0 aliphatic carbocycles. The summed E-state index contributed by atoms with van der Waals surface area (Å²) >= 11 is 0. The first-order valence-electron chi connectivity index (χ1n) is 6.30. The Kier molecular flexibility index (Phi) is 3.98. The van der Waals surface area contributed by atoms with Gasteiger partial charge in [-0.15, -0.1) is 0 Å². The lowest BCUT2D eigenvalue weighted by molar-refractivity contribution is 0.0942. The number of nitrogens with two attached hydrogens (primary N) is 1. The minimum Gasteiger partial charge on any atom is -0.359 e. The van der Waals surface area contributed by atoms with E-state index in [0.717, 1.165) is 6.54 Å². The summed E-state index contributed by atoms with van der Waals surface area (Å²) in [5.41, 5.74) is 2.27. The van der Waals surface area contributed by atoms with Gasteiger partial charge in [-0.1, -0.05) is 12.1 Å². The standard InChI is InChI=1S/C12H20N4O2/c1-8-3-4-9(2)16(6-8)7-10-5-11(15-18-10)12(17)14-13/h5,8-9H,3-4,6-7,13H2,1-2H3,(H,14,17). The monoisotopic (exact) mass is 252 g/mol. The van der Waals surface area contributed by atoms with Gasteiger partial charge in [0.2, 0.25) is 0 Å². The van der Waals surface area contributed by atoms with Crippen LogP contribution in [-0.4, -0.2) is 28.6 Å². The number of amides is 1. The highest BCUT2D eigenvalue weighted by Crippen LogP contribution is 2.23. The molecular formula is C12H20N4O2. The topological polar surface area (TPSA) is 84.4 Å². The van der Waals surface area contributed by atoms with Gasteiger partial charge < -0.3 is 4.52 Å². The smallest absolute Gasteiger partial charge is 0.287 e. The van der Waals surface area contributed by atoms with E-state index in [0.29, 0.717) is 24.3 Å². The van der Waals surface area contributed by atoms with Crippen LogP contribution in [0.25, 0.3) is 0 Å². The minimum absolute atomic E-state index is 0.227. The SMILES string of the molecule is CC1CCC(C)N(Cc2cc(C(=O)NN)no2)C1. The van der Waals surface area contributed by atoms with E-state index >= 15 is 0 Å². The number of hydrazine groups is 1. The number of nitrogens with one attached hydrogen (secondary N) is 1. The van der Waals surface area contributed by atoms with E-state index in [9.17, 15) is 4.79 Å². The third-order valence-corrected chi connectivity index (χ3v) is 3.53. The van der Waals surface area contributed by atoms with Crippen molar-refractivity contribution in [2.24, 2.45) is 11.8 Å². The number of rotatable bonds is 3. The molecule has 1 fully saturated rings. The summed E-state index contributed by atoms with van der Waals surface area (Å²) in [6, 6.07) is 2.19. The van der Waals surface area contributed by atoms with Crippen molar-refractivity contribution in [1.29, 1.82) is 0 Å². The van der Waals surface area contributed by atoms with Crippen LogP contribution in [0.3, 0.4) is 0 Å². The fourth-order valence-electron chi connectivity index (χ4n) is 2.37. The Morgan fingerprint density at radius 1 is 1.61 bits per heavy atom. The molecule has 1 saturated heterocycles. The van der Waals surface area contributed by atoms with Gasteiger partial charge in [0, 0.05) is 18.7 Å².